The highest BCUT2D eigenvalue weighted by molar-refractivity contribution is 8.00. The zero-order chi connectivity index (χ0) is 16.9. The van der Waals surface area contributed by atoms with Gasteiger partial charge < -0.3 is 5.32 Å². The normalized spacial score (nSPS) is 11.2. The van der Waals surface area contributed by atoms with Gasteiger partial charge in [0, 0.05) is 10.6 Å². The summed E-state index contributed by atoms with van der Waals surface area (Å²) >= 11 is 1.10. The number of hydrogen-bond acceptors (Lipinski definition) is 4. The molecule has 23 heavy (non-hydrogen) atoms. The van der Waals surface area contributed by atoms with Crippen molar-refractivity contribution in [2.45, 2.75) is 16.7 Å². The molecule has 2 aromatic rings. The van der Waals surface area contributed by atoms with E-state index < -0.39 is 9.84 Å². The molecule has 0 atom stereocenters. The van der Waals surface area contributed by atoms with Crippen molar-refractivity contribution in [1.82, 2.24) is 0 Å². The first kappa shape index (κ1) is 17.5. The second-order valence-electron chi connectivity index (χ2n) is 4.70. The van der Waals surface area contributed by atoms with Crippen LogP contribution in [0.4, 0.5) is 10.1 Å². The highest BCUT2D eigenvalue weighted by Gasteiger charge is 2.11. The minimum absolute atomic E-state index is 0.0258. The molecule has 7 heteroatoms. The molecule has 0 unspecified atom stereocenters. The number of hydrogen-bond donors (Lipinski definition) is 1. The molecule has 1 N–H and O–H groups in total. The Morgan fingerprint density at radius 2 is 1.78 bits per heavy atom. The molecule has 0 aliphatic heterocycles. The molecule has 0 aromatic heterocycles. The number of benzene rings is 2. The monoisotopic (exact) mass is 353 g/mol. The zero-order valence-electron chi connectivity index (χ0n) is 12.5. The number of halogens is 1. The molecule has 2 aromatic carbocycles. The Morgan fingerprint density at radius 1 is 1.13 bits per heavy atom. The summed E-state index contributed by atoms with van der Waals surface area (Å²) in [6.45, 7) is 1.57. The van der Waals surface area contributed by atoms with Crippen molar-refractivity contribution < 1.29 is 17.6 Å². The fourth-order valence-corrected chi connectivity index (χ4v) is 3.44. The second kappa shape index (κ2) is 7.61. The molecule has 0 aliphatic carbocycles. The van der Waals surface area contributed by atoms with E-state index in [-0.39, 0.29) is 28.1 Å². The van der Waals surface area contributed by atoms with E-state index in [9.17, 15) is 17.6 Å². The van der Waals surface area contributed by atoms with Crippen LogP contribution in [-0.2, 0) is 14.6 Å². The minimum Gasteiger partial charge on any atom is -0.325 e. The van der Waals surface area contributed by atoms with Crippen LogP contribution in [0.3, 0.4) is 0 Å². The van der Waals surface area contributed by atoms with E-state index >= 15 is 0 Å². The quantitative estimate of drug-likeness (QED) is 0.809. The lowest BCUT2D eigenvalue weighted by Gasteiger charge is -2.07. The molecule has 0 heterocycles. The third-order valence-corrected chi connectivity index (χ3v) is 5.87. The molecule has 122 valence electrons. The van der Waals surface area contributed by atoms with Gasteiger partial charge in [0.1, 0.15) is 5.82 Å². The average Bonchev–Trinajstić information content (AvgIpc) is 2.54. The zero-order valence-corrected chi connectivity index (χ0v) is 14.1. The molecule has 0 bridgehead atoms. The summed E-state index contributed by atoms with van der Waals surface area (Å²) in [4.78, 5) is 12.5. The Hall–Kier alpha value is -1.86. The van der Waals surface area contributed by atoms with Crippen molar-refractivity contribution in [3.63, 3.8) is 0 Å². The van der Waals surface area contributed by atoms with Gasteiger partial charge in [0.25, 0.3) is 0 Å². The van der Waals surface area contributed by atoms with E-state index in [2.05, 4.69) is 5.32 Å². The van der Waals surface area contributed by atoms with Gasteiger partial charge in [-0.2, -0.15) is 0 Å². The van der Waals surface area contributed by atoms with Crippen LogP contribution in [0.15, 0.2) is 58.3 Å². The van der Waals surface area contributed by atoms with E-state index in [1.54, 1.807) is 25.1 Å². The van der Waals surface area contributed by atoms with Gasteiger partial charge in [-0.25, -0.2) is 12.8 Å². The third-order valence-electron chi connectivity index (χ3n) is 3.07. The van der Waals surface area contributed by atoms with Gasteiger partial charge in [-0.3, -0.25) is 4.79 Å². The van der Waals surface area contributed by atoms with E-state index in [4.69, 9.17) is 0 Å². The summed E-state index contributed by atoms with van der Waals surface area (Å²) in [5.41, 5.74) is 0.499. The number of sulfone groups is 1. The van der Waals surface area contributed by atoms with Crippen molar-refractivity contribution in [2.75, 3.05) is 16.8 Å². The van der Waals surface area contributed by atoms with Gasteiger partial charge >= 0.3 is 0 Å². The molecule has 0 fully saturated rings. The molecule has 1 amide bonds. The summed E-state index contributed by atoms with van der Waals surface area (Å²) in [6, 6.07) is 12.2. The molecule has 2 rings (SSSR count). The van der Waals surface area contributed by atoms with Crippen LogP contribution < -0.4 is 5.32 Å². The lowest BCUT2D eigenvalue weighted by atomic mass is 10.3. The first-order valence-corrected chi connectivity index (χ1v) is 9.56. The molecule has 0 saturated heterocycles. The van der Waals surface area contributed by atoms with E-state index in [0.29, 0.717) is 10.6 Å². The number of rotatable bonds is 6. The van der Waals surface area contributed by atoms with Crippen LogP contribution in [0.2, 0.25) is 0 Å². The Morgan fingerprint density at radius 3 is 2.39 bits per heavy atom. The van der Waals surface area contributed by atoms with Crippen molar-refractivity contribution >= 4 is 33.2 Å². The summed E-state index contributed by atoms with van der Waals surface area (Å²) in [6.07, 6.45) is 0. The molecular formula is C16H16FNO3S2. The van der Waals surface area contributed by atoms with E-state index in [1.807, 2.05) is 0 Å². The van der Waals surface area contributed by atoms with Crippen molar-refractivity contribution in [3.05, 3.63) is 54.3 Å². The van der Waals surface area contributed by atoms with Crippen molar-refractivity contribution in [3.8, 4) is 0 Å². The fourth-order valence-electron chi connectivity index (χ4n) is 1.81. The predicted octanol–water partition coefficient (Wildman–Crippen LogP) is 3.35. The maximum absolute atomic E-state index is 13.4. The number of anilines is 1. The molecular weight excluding hydrogens is 337 g/mol. The topological polar surface area (TPSA) is 63.2 Å². The summed E-state index contributed by atoms with van der Waals surface area (Å²) in [5, 5.41) is 2.65. The van der Waals surface area contributed by atoms with E-state index in [0.717, 1.165) is 11.8 Å². The first-order chi connectivity index (χ1) is 10.9. The number of nitrogens with one attached hydrogen (secondary N) is 1. The Balaban J connectivity index is 1.94. The maximum Gasteiger partial charge on any atom is 0.234 e. The summed E-state index contributed by atoms with van der Waals surface area (Å²) in [5.74, 6) is -0.558. The molecule has 0 spiro atoms. The number of amides is 1. The van der Waals surface area contributed by atoms with Gasteiger partial charge in [-0.15, -0.1) is 11.8 Å². The first-order valence-electron chi connectivity index (χ1n) is 6.92. The van der Waals surface area contributed by atoms with Crippen molar-refractivity contribution in [1.29, 1.82) is 0 Å². The Kier molecular flexibility index (Phi) is 5.79. The second-order valence-corrected chi connectivity index (χ2v) is 7.99. The SMILES string of the molecule is CCS(=O)(=O)c1ccc(NC(=O)CSc2ccccc2F)cc1. The molecule has 0 radical (unpaired) electrons. The fraction of sp³-hybridized carbons (Fsp3) is 0.188. The van der Waals surface area contributed by atoms with Crippen LogP contribution in [0.1, 0.15) is 6.92 Å². The van der Waals surface area contributed by atoms with Gasteiger partial charge in [0.15, 0.2) is 9.84 Å². The number of carbonyl (C=O) groups is 1. The van der Waals surface area contributed by atoms with Gasteiger partial charge in [-0.05, 0) is 36.4 Å². The lowest BCUT2D eigenvalue weighted by Crippen LogP contribution is -2.14. The van der Waals surface area contributed by atoms with Gasteiger partial charge in [-0.1, -0.05) is 19.1 Å². The summed E-state index contributed by atoms with van der Waals surface area (Å²) in [7, 11) is -3.25. The van der Waals surface area contributed by atoms with Crippen LogP contribution in [0, 0.1) is 5.82 Å². The Bertz CT molecular complexity index is 789. The average molecular weight is 353 g/mol. The van der Waals surface area contributed by atoms with Crippen LogP contribution in [0.25, 0.3) is 0 Å². The highest BCUT2D eigenvalue weighted by Crippen LogP contribution is 2.21. The minimum atomic E-state index is -3.25. The van der Waals surface area contributed by atoms with Gasteiger partial charge in [0.05, 0.1) is 16.4 Å². The standard InChI is InChI=1S/C16H16FNO3S2/c1-2-23(20,21)13-9-7-12(8-10-13)18-16(19)11-22-15-6-4-3-5-14(15)17/h3-10H,2,11H2,1H3,(H,18,19). The number of thioether (sulfide) groups is 1. The predicted molar refractivity (Wildman–Crippen MR) is 89.9 cm³/mol. The Labute approximate surface area is 139 Å². The van der Waals surface area contributed by atoms with Crippen molar-refractivity contribution in [2.24, 2.45) is 0 Å². The van der Waals surface area contributed by atoms with Crippen LogP contribution in [0.5, 0.6) is 0 Å². The molecule has 0 saturated carbocycles. The van der Waals surface area contributed by atoms with Crippen LogP contribution in [-0.4, -0.2) is 25.8 Å². The van der Waals surface area contributed by atoms with Gasteiger partial charge in [0.2, 0.25) is 5.91 Å². The lowest BCUT2D eigenvalue weighted by molar-refractivity contribution is -0.113. The molecule has 4 nitrogen and oxygen atoms in total. The van der Waals surface area contributed by atoms with E-state index in [1.165, 1.54) is 30.3 Å². The smallest absolute Gasteiger partial charge is 0.234 e. The highest BCUT2D eigenvalue weighted by atomic mass is 32.2. The maximum atomic E-state index is 13.4. The van der Waals surface area contributed by atoms with Crippen LogP contribution >= 0.6 is 11.8 Å². The third kappa shape index (κ3) is 4.80. The number of carbonyl (C=O) groups excluding carboxylic acids is 1. The largest absolute Gasteiger partial charge is 0.325 e. The summed E-state index contributed by atoms with van der Waals surface area (Å²) < 4.78 is 36.8. The molecule has 0 aliphatic rings.